The van der Waals surface area contributed by atoms with E-state index in [4.69, 9.17) is 11.0 Å². The highest BCUT2D eigenvalue weighted by molar-refractivity contribution is 5.92. The molecule has 22 heavy (non-hydrogen) atoms. The van der Waals surface area contributed by atoms with Crippen LogP contribution in [0, 0.1) is 11.3 Å². The molecule has 1 aromatic heterocycles. The molecule has 0 aromatic carbocycles. The molecule has 0 unspecified atom stereocenters. The summed E-state index contributed by atoms with van der Waals surface area (Å²) in [6.07, 6.45) is -0.636. The van der Waals surface area contributed by atoms with Gasteiger partial charge in [-0.25, -0.2) is 0 Å². The molecule has 1 aliphatic rings. The molecule has 2 N–H and O–H groups in total. The molecule has 1 aliphatic heterocycles. The summed E-state index contributed by atoms with van der Waals surface area (Å²) in [6, 6.07) is 2.06. The first-order valence-electron chi connectivity index (χ1n) is 6.77. The average molecular weight is 315 g/mol. The Morgan fingerprint density at radius 2 is 2.09 bits per heavy atom. The van der Waals surface area contributed by atoms with E-state index in [0.29, 0.717) is 12.8 Å². The molecule has 0 radical (unpaired) electrons. The maximum atomic E-state index is 12.4. The van der Waals surface area contributed by atoms with Gasteiger partial charge >= 0.3 is 6.18 Å². The third-order valence-electron chi connectivity index (χ3n) is 3.95. The van der Waals surface area contributed by atoms with E-state index in [1.807, 2.05) is 0 Å². The lowest BCUT2D eigenvalue weighted by atomic mass is 9.85. The fourth-order valence-electron chi connectivity index (χ4n) is 2.72. The average Bonchev–Trinajstić information content (AvgIpc) is 2.90. The Kier molecular flexibility index (Phi) is 4.42. The molecule has 9 heteroatoms. The molecule has 0 aliphatic carbocycles. The van der Waals surface area contributed by atoms with Crippen LogP contribution in [0.3, 0.4) is 0 Å². The number of hydrogen-bond acceptors (Lipinski definition) is 4. The monoisotopic (exact) mass is 315 g/mol. The van der Waals surface area contributed by atoms with Gasteiger partial charge in [-0.05, 0) is 12.8 Å². The van der Waals surface area contributed by atoms with Gasteiger partial charge in [0.05, 0.1) is 36.3 Å². The lowest BCUT2D eigenvalue weighted by Gasteiger charge is -2.40. The van der Waals surface area contributed by atoms with Crippen LogP contribution in [0.5, 0.6) is 0 Å². The lowest BCUT2D eigenvalue weighted by Crippen LogP contribution is -2.48. The van der Waals surface area contributed by atoms with E-state index < -0.39 is 24.2 Å². The van der Waals surface area contributed by atoms with Gasteiger partial charge in [0.1, 0.15) is 0 Å². The van der Waals surface area contributed by atoms with E-state index in [9.17, 15) is 18.0 Å². The molecule has 1 fully saturated rings. The number of primary amides is 1. The number of rotatable bonds is 4. The quantitative estimate of drug-likeness (QED) is 0.905. The van der Waals surface area contributed by atoms with Crippen molar-refractivity contribution in [2.24, 2.45) is 5.73 Å². The number of hydrogen-bond donors (Lipinski definition) is 1. The highest BCUT2D eigenvalue weighted by atomic mass is 19.4. The summed E-state index contributed by atoms with van der Waals surface area (Å²) in [5.74, 6) is -0.632. The summed E-state index contributed by atoms with van der Waals surface area (Å²) in [6.45, 7) is -0.527. The van der Waals surface area contributed by atoms with Gasteiger partial charge in [-0.15, -0.1) is 0 Å². The Morgan fingerprint density at radius 1 is 1.45 bits per heavy atom. The SMILES string of the molecule is N#CCC1(n2cc(C(N)=O)cn2)CCN(CC(F)(F)F)CC1. The summed E-state index contributed by atoms with van der Waals surface area (Å²) < 4.78 is 38.8. The van der Waals surface area contributed by atoms with Gasteiger partial charge in [0, 0.05) is 19.3 Å². The number of likely N-dealkylation sites (tertiary alicyclic amines) is 1. The third kappa shape index (κ3) is 3.57. The standard InChI is InChI=1S/C13H16F3N5O/c14-13(15,16)9-20-5-2-12(1-4-17,3-6-20)21-8-10(7-19-21)11(18)22/h7-8H,1-3,5-6,9H2,(H2,18,22). The summed E-state index contributed by atoms with van der Waals surface area (Å²) in [7, 11) is 0. The zero-order valence-corrected chi connectivity index (χ0v) is 11.8. The molecular formula is C13H16F3N5O. The first kappa shape index (κ1) is 16.3. The second-order valence-electron chi connectivity index (χ2n) is 5.49. The lowest BCUT2D eigenvalue weighted by molar-refractivity contribution is -0.150. The Hall–Kier alpha value is -2.08. The zero-order valence-electron chi connectivity index (χ0n) is 11.8. The van der Waals surface area contributed by atoms with Crippen LogP contribution >= 0.6 is 0 Å². The summed E-state index contributed by atoms with van der Waals surface area (Å²) in [5, 5.41) is 13.1. The van der Waals surface area contributed by atoms with Crippen molar-refractivity contribution in [1.29, 1.82) is 5.26 Å². The van der Waals surface area contributed by atoms with Gasteiger partial charge in [-0.1, -0.05) is 0 Å². The van der Waals surface area contributed by atoms with E-state index in [0.717, 1.165) is 0 Å². The number of aromatic nitrogens is 2. The van der Waals surface area contributed by atoms with Gasteiger partial charge in [0.2, 0.25) is 0 Å². The van der Waals surface area contributed by atoms with Crippen LogP contribution in [-0.4, -0.2) is 46.4 Å². The molecule has 120 valence electrons. The Labute approximate surface area is 125 Å². The number of nitrogens with two attached hydrogens (primary N) is 1. The van der Waals surface area contributed by atoms with Crippen LogP contribution in [-0.2, 0) is 5.54 Å². The maximum absolute atomic E-state index is 12.4. The Bertz CT molecular complexity index is 581. The van der Waals surface area contributed by atoms with Crippen LogP contribution in [0.25, 0.3) is 0 Å². The largest absolute Gasteiger partial charge is 0.401 e. The molecule has 1 saturated heterocycles. The van der Waals surface area contributed by atoms with Crippen molar-refractivity contribution in [3.63, 3.8) is 0 Å². The fourth-order valence-corrected chi connectivity index (χ4v) is 2.72. The molecular weight excluding hydrogens is 299 g/mol. The van der Waals surface area contributed by atoms with Crippen molar-refractivity contribution in [2.45, 2.75) is 31.0 Å². The smallest absolute Gasteiger partial charge is 0.366 e. The van der Waals surface area contributed by atoms with E-state index in [-0.39, 0.29) is 25.1 Å². The van der Waals surface area contributed by atoms with Gasteiger partial charge in [0.15, 0.2) is 0 Å². The maximum Gasteiger partial charge on any atom is 0.401 e. The molecule has 0 bridgehead atoms. The third-order valence-corrected chi connectivity index (χ3v) is 3.95. The van der Waals surface area contributed by atoms with E-state index in [2.05, 4.69) is 11.2 Å². The molecule has 0 saturated carbocycles. The second kappa shape index (κ2) is 5.96. The van der Waals surface area contributed by atoms with Crippen molar-refractivity contribution < 1.29 is 18.0 Å². The van der Waals surface area contributed by atoms with Crippen LogP contribution in [0.4, 0.5) is 13.2 Å². The van der Waals surface area contributed by atoms with Crippen LogP contribution in [0.15, 0.2) is 12.4 Å². The summed E-state index contributed by atoms with van der Waals surface area (Å²) in [5.41, 5.74) is 4.70. The number of halogens is 3. The molecule has 2 rings (SSSR count). The van der Waals surface area contributed by atoms with Crippen molar-refractivity contribution in [1.82, 2.24) is 14.7 Å². The zero-order chi connectivity index (χ0) is 16.4. The Morgan fingerprint density at radius 3 is 2.55 bits per heavy atom. The normalized spacial score (nSPS) is 18.8. The number of nitriles is 1. The number of alkyl halides is 3. The van der Waals surface area contributed by atoms with Gasteiger partial charge in [-0.2, -0.15) is 23.5 Å². The fraction of sp³-hybridized carbons (Fsp3) is 0.615. The summed E-state index contributed by atoms with van der Waals surface area (Å²) >= 11 is 0. The summed E-state index contributed by atoms with van der Waals surface area (Å²) in [4.78, 5) is 12.5. The first-order chi connectivity index (χ1) is 10.3. The number of carbonyl (C=O) groups excluding carboxylic acids is 1. The highest BCUT2D eigenvalue weighted by Gasteiger charge is 2.40. The predicted molar refractivity (Wildman–Crippen MR) is 70.7 cm³/mol. The predicted octanol–water partition coefficient (Wildman–Crippen LogP) is 1.25. The minimum Gasteiger partial charge on any atom is -0.366 e. The van der Waals surface area contributed by atoms with Gasteiger partial charge in [0.25, 0.3) is 5.91 Å². The number of piperidine rings is 1. The van der Waals surface area contributed by atoms with Gasteiger partial charge in [-0.3, -0.25) is 14.4 Å². The van der Waals surface area contributed by atoms with Crippen molar-refractivity contribution >= 4 is 5.91 Å². The molecule has 2 heterocycles. The molecule has 1 aromatic rings. The number of amides is 1. The minimum absolute atomic E-state index is 0.118. The van der Waals surface area contributed by atoms with E-state index in [1.54, 1.807) is 0 Å². The topological polar surface area (TPSA) is 87.9 Å². The highest BCUT2D eigenvalue weighted by Crippen LogP contribution is 2.34. The minimum atomic E-state index is -4.24. The molecule has 0 atom stereocenters. The number of carbonyl (C=O) groups is 1. The van der Waals surface area contributed by atoms with Crippen LogP contribution < -0.4 is 5.73 Å². The van der Waals surface area contributed by atoms with E-state index >= 15 is 0 Å². The van der Waals surface area contributed by atoms with Crippen molar-refractivity contribution in [3.05, 3.63) is 18.0 Å². The second-order valence-corrected chi connectivity index (χ2v) is 5.49. The van der Waals surface area contributed by atoms with Crippen molar-refractivity contribution in [3.8, 4) is 6.07 Å². The van der Waals surface area contributed by atoms with Crippen LogP contribution in [0.1, 0.15) is 29.6 Å². The number of nitrogens with zero attached hydrogens (tertiary/aromatic N) is 4. The van der Waals surface area contributed by atoms with Crippen LogP contribution in [0.2, 0.25) is 0 Å². The van der Waals surface area contributed by atoms with Crippen molar-refractivity contribution in [2.75, 3.05) is 19.6 Å². The first-order valence-corrected chi connectivity index (χ1v) is 6.77. The van der Waals surface area contributed by atoms with Gasteiger partial charge < -0.3 is 5.73 Å². The van der Waals surface area contributed by atoms with E-state index in [1.165, 1.54) is 22.0 Å². The molecule has 1 amide bonds. The Balaban J connectivity index is 2.14. The molecule has 0 spiro atoms. The molecule has 6 nitrogen and oxygen atoms in total.